The van der Waals surface area contributed by atoms with E-state index >= 15 is 0 Å². The maximum Gasteiger partial charge on any atom is 0.0486 e. The minimum Gasteiger partial charge on any atom is -0.379 e. The summed E-state index contributed by atoms with van der Waals surface area (Å²) in [4.78, 5) is 0. The van der Waals surface area contributed by atoms with Gasteiger partial charge in [0.1, 0.15) is 0 Å². The molecule has 2 heteroatoms. The Hall–Kier alpha value is -1.28. The van der Waals surface area contributed by atoms with Crippen LogP contribution in [0.25, 0.3) is 0 Å². The number of anilines is 1. The molecule has 2 aromatic carbocycles. The minimum absolute atomic E-state index is 0.300. The first-order chi connectivity index (χ1) is 8.15. The molecule has 2 rings (SSSR count). The van der Waals surface area contributed by atoms with Crippen LogP contribution in [0.2, 0.25) is 0 Å². The lowest BCUT2D eigenvalue weighted by molar-refractivity contribution is 0.883. The lowest BCUT2D eigenvalue weighted by Crippen LogP contribution is -2.06. The van der Waals surface area contributed by atoms with E-state index in [1.165, 1.54) is 11.1 Å². The number of nitrogens with one attached hydrogen (secondary N) is 1. The normalized spacial score (nSPS) is 12.2. The van der Waals surface area contributed by atoms with Crippen molar-refractivity contribution >= 4 is 21.6 Å². The Kier molecular flexibility index (Phi) is 3.85. The zero-order valence-electron chi connectivity index (χ0n) is 10.1. The largest absolute Gasteiger partial charge is 0.379 e. The highest BCUT2D eigenvalue weighted by molar-refractivity contribution is 9.10. The number of aryl methyl sites for hydroxylation is 1. The van der Waals surface area contributed by atoms with Crippen LogP contribution in [-0.4, -0.2) is 0 Å². The molecule has 0 saturated heterocycles. The van der Waals surface area contributed by atoms with E-state index < -0.39 is 0 Å². The molecular weight excluding hydrogens is 274 g/mol. The maximum atomic E-state index is 3.51. The fourth-order valence-electron chi connectivity index (χ4n) is 1.84. The Bertz CT molecular complexity index is 508. The first-order valence-corrected chi connectivity index (χ1v) is 6.53. The van der Waals surface area contributed by atoms with Crippen LogP contribution in [0.3, 0.4) is 0 Å². The predicted octanol–water partition coefficient (Wildman–Crippen LogP) is 4.93. The second kappa shape index (κ2) is 5.37. The summed E-state index contributed by atoms with van der Waals surface area (Å²) in [7, 11) is 0. The molecule has 0 amide bonds. The summed E-state index contributed by atoms with van der Waals surface area (Å²) in [6, 6.07) is 17.1. The summed E-state index contributed by atoms with van der Waals surface area (Å²) >= 11 is 3.50. The van der Waals surface area contributed by atoms with Gasteiger partial charge in [0.2, 0.25) is 0 Å². The smallest absolute Gasteiger partial charge is 0.0486 e. The molecule has 1 nitrogen and oxygen atoms in total. The van der Waals surface area contributed by atoms with Gasteiger partial charge >= 0.3 is 0 Å². The first-order valence-electron chi connectivity index (χ1n) is 5.74. The van der Waals surface area contributed by atoms with Crippen LogP contribution >= 0.6 is 15.9 Å². The molecule has 0 aliphatic heterocycles. The van der Waals surface area contributed by atoms with Crippen LogP contribution in [0.1, 0.15) is 24.1 Å². The van der Waals surface area contributed by atoms with Gasteiger partial charge in [-0.05, 0) is 49.2 Å². The maximum absolute atomic E-state index is 3.51. The van der Waals surface area contributed by atoms with Crippen LogP contribution in [0.4, 0.5) is 5.69 Å². The molecule has 0 bridgehead atoms. The average molecular weight is 290 g/mol. The van der Waals surface area contributed by atoms with Gasteiger partial charge in [-0.2, -0.15) is 0 Å². The molecule has 17 heavy (non-hydrogen) atoms. The van der Waals surface area contributed by atoms with E-state index in [0.717, 1.165) is 10.2 Å². The van der Waals surface area contributed by atoms with Gasteiger partial charge < -0.3 is 5.32 Å². The van der Waals surface area contributed by atoms with Crippen molar-refractivity contribution in [1.29, 1.82) is 0 Å². The Labute approximate surface area is 111 Å². The summed E-state index contributed by atoms with van der Waals surface area (Å²) in [5.74, 6) is 0. The zero-order valence-corrected chi connectivity index (χ0v) is 11.7. The van der Waals surface area contributed by atoms with Crippen LogP contribution in [-0.2, 0) is 0 Å². The third kappa shape index (κ3) is 3.34. The van der Waals surface area contributed by atoms with Gasteiger partial charge in [-0.25, -0.2) is 0 Å². The Balaban J connectivity index is 2.14. The SMILES string of the molecule is Cc1cccc(NC(C)c2cccc(Br)c2)c1. The highest BCUT2D eigenvalue weighted by Crippen LogP contribution is 2.22. The molecule has 2 aromatic rings. The summed E-state index contributed by atoms with van der Waals surface area (Å²) < 4.78 is 1.12. The van der Waals surface area contributed by atoms with E-state index in [2.05, 4.69) is 77.6 Å². The Morgan fingerprint density at radius 2 is 1.82 bits per heavy atom. The summed E-state index contributed by atoms with van der Waals surface area (Å²) in [6.45, 7) is 4.28. The lowest BCUT2D eigenvalue weighted by atomic mass is 10.1. The molecule has 0 aromatic heterocycles. The second-order valence-electron chi connectivity index (χ2n) is 4.29. The molecule has 0 aliphatic rings. The number of hydrogen-bond donors (Lipinski definition) is 1. The van der Waals surface area contributed by atoms with Crippen molar-refractivity contribution < 1.29 is 0 Å². The predicted molar refractivity (Wildman–Crippen MR) is 77.4 cm³/mol. The monoisotopic (exact) mass is 289 g/mol. The highest BCUT2D eigenvalue weighted by atomic mass is 79.9. The zero-order chi connectivity index (χ0) is 12.3. The summed E-state index contributed by atoms with van der Waals surface area (Å²) in [5.41, 5.74) is 3.72. The highest BCUT2D eigenvalue weighted by Gasteiger charge is 2.05. The van der Waals surface area contributed by atoms with Gasteiger partial charge in [-0.15, -0.1) is 0 Å². The Morgan fingerprint density at radius 1 is 1.06 bits per heavy atom. The first kappa shape index (κ1) is 12.2. The van der Waals surface area contributed by atoms with E-state index in [-0.39, 0.29) is 0 Å². The number of hydrogen-bond acceptors (Lipinski definition) is 1. The molecule has 0 spiro atoms. The molecule has 0 radical (unpaired) electrons. The van der Waals surface area contributed by atoms with Gasteiger partial charge in [-0.1, -0.05) is 40.2 Å². The number of rotatable bonds is 3. The minimum atomic E-state index is 0.300. The number of benzene rings is 2. The molecule has 0 aliphatic carbocycles. The van der Waals surface area contributed by atoms with E-state index in [1.54, 1.807) is 0 Å². The van der Waals surface area contributed by atoms with Crippen molar-refractivity contribution in [3.05, 3.63) is 64.1 Å². The third-order valence-corrected chi connectivity index (χ3v) is 3.24. The van der Waals surface area contributed by atoms with Crippen molar-refractivity contribution in [1.82, 2.24) is 0 Å². The third-order valence-electron chi connectivity index (χ3n) is 2.75. The topological polar surface area (TPSA) is 12.0 Å². The molecule has 0 heterocycles. The standard InChI is InChI=1S/C15H16BrN/c1-11-5-3-8-15(9-11)17-12(2)13-6-4-7-14(16)10-13/h3-10,12,17H,1-2H3. The van der Waals surface area contributed by atoms with E-state index in [9.17, 15) is 0 Å². The van der Waals surface area contributed by atoms with Crippen molar-refractivity contribution in [2.75, 3.05) is 5.32 Å². The molecule has 0 saturated carbocycles. The van der Waals surface area contributed by atoms with Crippen LogP contribution < -0.4 is 5.32 Å². The van der Waals surface area contributed by atoms with E-state index in [0.29, 0.717) is 6.04 Å². The molecule has 1 N–H and O–H groups in total. The number of halogens is 1. The van der Waals surface area contributed by atoms with Crippen LogP contribution in [0, 0.1) is 6.92 Å². The average Bonchev–Trinajstić information content (AvgIpc) is 2.29. The Morgan fingerprint density at radius 3 is 2.53 bits per heavy atom. The van der Waals surface area contributed by atoms with Crippen molar-refractivity contribution in [3.8, 4) is 0 Å². The van der Waals surface area contributed by atoms with Crippen LogP contribution in [0.15, 0.2) is 53.0 Å². The molecule has 1 atom stereocenters. The van der Waals surface area contributed by atoms with Crippen LogP contribution in [0.5, 0.6) is 0 Å². The van der Waals surface area contributed by atoms with Crippen molar-refractivity contribution in [2.24, 2.45) is 0 Å². The lowest BCUT2D eigenvalue weighted by Gasteiger charge is -2.16. The van der Waals surface area contributed by atoms with Crippen molar-refractivity contribution in [3.63, 3.8) is 0 Å². The van der Waals surface area contributed by atoms with E-state index in [4.69, 9.17) is 0 Å². The molecular formula is C15H16BrN. The van der Waals surface area contributed by atoms with Gasteiger partial charge in [0.15, 0.2) is 0 Å². The fraction of sp³-hybridized carbons (Fsp3) is 0.200. The van der Waals surface area contributed by atoms with Gasteiger partial charge in [0.05, 0.1) is 0 Å². The quantitative estimate of drug-likeness (QED) is 0.845. The molecule has 0 fully saturated rings. The summed E-state index contributed by atoms with van der Waals surface area (Å²) in [5, 5.41) is 3.51. The van der Waals surface area contributed by atoms with Crippen molar-refractivity contribution in [2.45, 2.75) is 19.9 Å². The second-order valence-corrected chi connectivity index (χ2v) is 5.21. The van der Waals surface area contributed by atoms with Gasteiger partial charge in [0, 0.05) is 16.2 Å². The molecule has 88 valence electrons. The fourth-order valence-corrected chi connectivity index (χ4v) is 2.26. The van der Waals surface area contributed by atoms with Gasteiger partial charge in [0.25, 0.3) is 0 Å². The molecule has 1 unspecified atom stereocenters. The van der Waals surface area contributed by atoms with E-state index in [1.807, 2.05) is 6.07 Å². The summed E-state index contributed by atoms with van der Waals surface area (Å²) in [6.07, 6.45) is 0. The van der Waals surface area contributed by atoms with Gasteiger partial charge in [-0.3, -0.25) is 0 Å².